The molecule has 0 heterocycles. The summed E-state index contributed by atoms with van der Waals surface area (Å²) >= 11 is 0. The zero-order chi connectivity index (χ0) is 14.9. The van der Waals surface area contributed by atoms with Crippen molar-refractivity contribution in [1.82, 2.24) is 0 Å². The number of aliphatic carboxylic acids is 1. The first-order valence-corrected chi connectivity index (χ1v) is 5.97. The van der Waals surface area contributed by atoms with Gasteiger partial charge < -0.3 is 16.2 Å². The average Bonchev–Trinajstić information content (AvgIpc) is 3.19. The van der Waals surface area contributed by atoms with Gasteiger partial charge in [0.1, 0.15) is 6.04 Å². The highest BCUT2D eigenvalue weighted by atomic mass is 16.6. The van der Waals surface area contributed by atoms with Crippen LogP contribution in [0.25, 0.3) is 0 Å². The summed E-state index contributed by atoms with van der Waals surface area (Å²) in [7, 11) is 0. The highest BCUT2D eigenvalue weighted by Gasteiger charge is 2.36. The molecular weight excluding hydrogens is 266 g/mol. The molecule has 1 saturated carbocycles. The minimum atomic E-state index is -1.03. The fourth-order valence-electron chi connectivity index (χ4n) is 1.95. The van der Waals surface area contributed by atoms with Crippen molar-refractivity contribution in [2.24, 2.45) is 11.7 Å². The van der Waals surface area contributed by atoms with Crippen LogP contribution < -0.4 is 11.1 Å². The number of benzene rings is 1. The van der Waals surface area contributed by atoms with Crippen molar-refractivity contribution in [2.45, 2.75) is 18.9 Å². The molecular formula is C12H13N3O5. The van der Waals surface area contributed by atoms with Crippen LogP contribution >= 0.6 is 0 Å². The van der Waals surface area contributed by atoms with E-state index in [9.17, 15) is 19.7 Å². The number of nitrogens with zero attached hydrogens (tertiary/aromatic N) is 1. The fraction of sp³-hybridized carbons (Fsp3) is 0.333. The summed E-state index contributed by atoms with van der Waals surface area (Å²) in [5.74, 6) is -1.87. The predicted octanol–water partition coefficient (Wildman–Crippen LogP) is 0.969. The second kappa shape index (κ2) is 5.16. The molecule has 1 aliphatic carbocycles. The number of nitrogens with two attached hydrogens (primary N) is 1. The molecule has 0 radical (unpaired) electrons. The van der Waals surface area contributed by atoms with Gasteiger partial charge in [-0.05, 0) is 24.8 Å². The van der Waals surface area contributed by atoms with Crippen LogP contribution in [-0.2, 0) is 4.79 Å². The summed E-state index contributed by atoms with van der Waals surface area (Å²) in [6.07, 6.45) is 1.59. The van der Waals surface area contributed by atoms with Crippen LogP contribution in [0.1, 0.15) is 23.2 Å². The van der Waals surface area contributed by atoms with Gasteiger partial charge in [-0.3, -0.25) is 14.9 Å². The van der Waals surface area contributed by atoms with Crippen molar-refractivity contribution in [3.8, 4) is 0 Å². The highest BCUT2D eigenvalue weighted by Crippen LogP contribution is 2.35. The van der Waals surface area contributed by atoms with E-state index in [1.807, 2.05) is 0 Å². The number of nitro benzene ring substituents is 1. The minimum absolute atomic E-state index is 0.00317. The van der Waals surface area contributed by atoms with E-state index in [0.29, 0.717) is 0 Å². The van der Waals surface area contributed by atoms with Crippen LogP contribution in [0.3, 0.4) is 0 Å². The first-order chi connectivity index (χ1) is 9.40. The topological polar surface area (TPSA) is 136 Å². The third kappa shape index (κ3) is 2.85. The Morgan fingerprint density at radius 3 is 2.55 bits per heavy atom. The summed E-state index contributed by atoms with van der Waals surface area (Å²) in [6, 6.07) is 2.71. The van der Waals surface area contributed by atoms with Crippen LogP contribution in [-0.4, -0.2) is 27.9 Å². The third-order valence-corrected chi connectivity index (χ3v) is 3.15. The van der Waals surface area contributed by atoms with Gasteiger partial charge in [0.05, 0.1) is 10.5 Å². The number of hydrogen-bond acceptors (Lipinski definition) is 5. The number of nitrogens with one attached hydrogen (secondary N) is 1. The predicted molar refractivity (Wildman–Crippen MR) is 69.4 cm³/mol. The maximum absolute atomic E-state index is 11.3. The minimum Gasteiger partial charge on any atom is -0.480 e. The van der Waals surface area contributed by atoms with Gasteiger partial charge >= 0.3 is 5.97 Å². The molecule has 1 aromatic carbocycles. The monoisotopic (exact) mass is 279 g/mol. The van der Waals surface area contributed by atoms with Crippen molar-refractivity contribution >= 4 is 23.3 Å². The number of nitro groups is 1. The fourth-order valence-corrected chi connectivity index (χ4v) is 1.95. The Bertz CT molecular complexity index is 582. The van der Waals surface area contributed by atoms with Gasteiger partial charge in [0, 0.05) is 17.8 Å². The van der Waals surface area contributed by atoms with Gasteiger partial charge in [0.15, 0.2) is 0 Å². The molecule has 0 aliphatic heterocycles. The Balaban J connectivity index is 2.32. The van der Waals surface area contributed by atoms with E-state index in [1.54, 1.807) is 0 Å². The normalized spacial score (nSPS) is 15.4. The van der Waals surface area contributed by atoms with Crippen LogP contribution in [0.2, 0.25) is 0 Å². The lowest BCUT2D eigenvalue weighted by atomic mass is 10.1. The van der Waals surface area contributed by atoms with Crippen LogP contribution in [0, 0.1) is 16.0 Å². The summed E-state index contributed by atoms with van der Waals surface area (Å²) < 4.78 is 0. The first-order valence-electron chi connectivity index (χ1n) is 5.97. The number of carbonyl (C=O) groups is 2. The second-order valence-corrected chi connectivity index (χ2v) is 4.65. The van der Waals surface area contributed by atoms with E-state index in [-0.39, 0.29) is 22.9 Å². The Labute approximate surface area is 113 Å². The molecule has 0 aromatic heterocycles. The second-order valence-electron chi connectivity index (χ2n) is 4.65. The Morgan fingerprint density at radius 1 is 1.45 bits per heavy atom. The average molecular weight is 279 g/mol. The van der Waals surface area contributed by atoms with E-state index >= 15 is 0 Å². The molecule has 1 aliphatic rings. The molecule has 1 aromatic rings. The molecule has 20 heavy (non-hydrogen) atoms. The summed E-state index contributed by atoms with van der Waals surface area (Å²) in [5, 5.41) is 22.5. The molecule has 8 nitrogen and oxygen atoms in total. The van der Waals surface area contributed by atoms with E-state index in [1.165, 1.54) is 12.1 Å². The number of anilines is 1. The zero-order valence-corrected chi connectivity index (χ0v) is 10.4. The standard InChI is InChI=1S/C12H13N3O5/c13-11(16)8-5-7(15(19)20)3-4-9(8)14-10(12(17)18)6-1-2-6/h3-6,10,14H,1-2H2,(H2,13,16)(H,17,18). The lowest BCUT2D eigenvalue weighted by Crippen LogP contribution is -2.32. The number of carboxylic acid groups (broad SMARTS) is 1. The molecule has 1 fully saturated rings. The molecule has 1 atom stereocenters. The molecule has 4 N–H and O–H groups in total. The van der Waals surface area contributed by atoms with Gasteiger partial charge in [0.2, 0.25) is 0 Å². The SMILES string of the molecule is NC(=O)c1cc([N+](=O)[O-])ccc1NC(C(=O)O)C1CC1. The maximum atomic E-state index is 11.3. The highest BCUT2D eigenvalue weighted by molar-refractivity contribution is 5.99. The first kappa shape index (κ1) is 13.8. The molecule has 1 amide bonds. The Morgan fingerprint density at radius 2 is 2.10 bits per heavy atom. The summed E-state index contributed by atoms with van der Waals surface area (Å²) in [5.41, 5.74) is 5.01. The number of carbonyl (C=O) groups excluding carboxylic acids is 1. The van der Waals surface area contributed by atoms with Crippen molar-refractivity contribution < 1.29 is 19.6 Å². The van der Waals surface area contributed by atoms with Gasteiger partial charge in [-0.15, -0.1) is 0 Å². The van der Waals surface area contributed by atoms with Crippen molar-refractivity contribution in [3.63, 3.8) is 0 Å². The smallest absolute Gasteiger partial charge is 0.326 e. The van der Waals surface area contributed by atoms with Gasteiger partial charge in [-0.1, -0.05) is 0 Å². The number of amides is 1. The van der Waals surface area contributed by atoms with Crippen LogP contribution in [0.15, 0.2) is 18.2 Å². The van der Waals surface area contributed by atoms with E-state index in [0.717, 1.165) is 18.9 Å². The Kier molecular flexibility index (Phi) is 3.55. The molecule has 2 rings (SSSR count). The number of primary amides is 1. The number of rotatable bonds is 6. The van der Waals surface area contributed by atoms with Crippen molar-refractivity contribution in [1.29, 1.82) is 0 Å². The molecule has 0 saturated heterocycles. The van der Waals surface area contributed by atoms with Gasteiger partial charge in [-0.2, -0.15) is 0 Å². The Hall–Kier alpha value is -2.64. The summed E-state index contributed by atoms with van der Waals surface area (Å²) in [6.45, 7) is 0. The molecule has 0 bridgehead atoms. The van der Waals surface area contributed by atoms with Gasteiger partial charge in [-0.25, -0.2) is 4.79 Å². The largest absolute Gasteiger partial charge is 0.480 e. The molecule has 106 valence electrons. The lowest BCUT2D eigenvalue weighted by Gasteiger charge is -2.16. The quantitative estimate of drug-likeness (QED) is 0.524. The van der Waals surface area contributed by atoms with E-state index in [2.05, 4.69) is 5.32 Å². The molecule has 0 spiro atoms. The van der Waals surface area contributed by atoms with Crippen LogP contribution in [0.5, 0.6) is 0 Å². The number of non-ortho nitro benzene ring substituents is 1. The van der Waals surface area contributed by atoms with Crippen LogP contribution in [0.4, 0.5) is 11.4 Å². The van der Waals surface area contributed by atoms with E-state index < -0.39 is 22.8 Å². The maximum Gasteiger partial charge on any atom is 0.326 e. The summed E-state index contributed by atoms with van der Waals surface area (Å²) in [4.78, 5) is 32.5. The number of carboxylic acids is 1. The third-order valence-electron chi connectivity index (χ3n) is 3.15. The zero-order valence-electron chi connectivity index (χ0n) is 10.4. The molecule has 8 heteroatoms. The van der Waals surface area contributed by atoms with Gasteiger partial charge in [0.25, 0.3) is 11.6 Å². The van der Waals surface area contributed by atoms with E-state index in [4.69, 9.17) is 10.8 Å². The number of hydrogen-bond donors (Lipinski definition) is 3. The van der Waals surface area contributed by atoms with Crippen molar-refractivity contribution in [3.05, 3.63) is 33.9 Å². The van der Waals surface area contributed by atoms with Crippen molar-refractivity contribution in [2.75, 3.05) is 5.32 Å². The molecule has 1 unspecified atom stereocenters. The lowest BCUT2D eigenvalue weighted by molar-refractivity contribution is -0.384.